The van der Waals surface area contributed by atoms with Crippen molar-refractivity contribution in [1.29, 1.82) is 0 Å². The van der Waals surface area contributed by atoms with Crippen LogP contribution in [0.25, 0.3) is 11.1 Å². The molecule has 0 amide bonds. The molecule has 1 heterocycles. The minimum atomic E-state index is -0.735. The molecule has 17 heavy (non-hydrogen) atoms. The van der Waals surface area contributed by atoms with E-state index < -0.39 is 11.6 Å². The molecule has 3 nitrogen and oxygen atoms in total. The maximum atomic E-state index is 13.8. The van der Waals surface area contributed by atoms with Gasteiger partial charge >= 0.3 is 0 Å². The summed E-state index contributed by atoms with van der Waals surface area (Å²) in [5.74, 6) is -1.35. The molecule has 2 N–H and O–H groups in total. The van der Waals surface area contributed by atoms with Crippen molar-refractivity contribution in [1.82, 2.24) is 4.98 Å². The van der Waals surface area contributed by atoms with Crippen molar-refractivity contribution in [2.75, 3.05) is 12.8 Å². The van der Waals surface area contributed by atoms with Crippen LogP contribution in [0.4, 0.5) is 14.5 Å². The molecule has 0 saturated carbocycles. The van der Waals surface area contributed by atoms with Crippen LogP contribution in [-0.2, 0) is 0 Å². The van der Waals surface area contributed by atoms with Gasteiger partial charge in [-0.1, -0.05) is 0 Å². The van der Waals surface area contributed by atoms with Gasteiger partial charge in [0.1, 0.15) is 17.4 Å². The van der Waals surface area contributed by atoms with Crippen LogP contribution in [-0.4, -0.2) is 12.1 Å². The number of pyridine rings is 1. The van der Waals surface area contributed by atoms with E-state index in [-0.39, 0.29) is 22.6 Å². The molecule has 0 saturated heterocycles. The van der Waals surface area contributed by atoms with Gasteiger partial charge in [-0.2, -0.15) is 0 Å². The van der Waals surface area contributed by atoms with Crippen LogP contribution in [0.2, 0.25) is 0 Å². The van der Waals surface area contributed by atoms with Gasteiger partial charge in [-0.25, -0.2) is 8.78 Å². The van der Waals surface area contributed by atoms with Crippen molar-refractivity contribution in [3.8, 4) is 16.9 Å². The van der Waals surface area contributed by atoms with E-state index in [1.165, 1.54) is 25.6 Å². The number of halogens is 2. The average molecular weight is 236 g/mol. The predicted molar refractivity (Wildman–Crippen MR) is 60.6 cm³/mol. The third kappa shape index (κ3) is 2.04. The SMILES string of the molecule is COc1cc(F)c(-c2cnccc2N)c(F)c1. The number of ether oxygens (including phenoxy) is 1. The molecule has 0 radical (unpaired) electrons. The quantitative estimate of drug-likeness (QED) is 0.871. The Hall–Kier alpha value is -2.17. The Kier molecular flexibility index (Phi) is 2.91. The second-order valence-electron chi connectivity index (χ2n) is 3.43. The van der Waals surface area contributed by atoms with Gasteiger partial charge in [-0.05, 0) is 6.07 Å². The van der Waals surface area contributed by atoms with E-state index in [0.29, 0.717) is 0 Å². The normalized spacial score (nSPS) is 10.3. The van der Waals surface area contributed by atoms with Crippen molar-refractivity contribution in [3.63, 3.8) is 0 Å². The third-order valence-electron chi connectivity index (χ3n) is 2.38. The molecule has 0 fully saturated rings. The molecule has 0 atom stereocenters. The zero-order valence-electron chi connectivity index (χ0n) is 9.08. The first kappa shape index (κ1) is 11.3. The molecule has 1 aromatic heterocycles. The zero-order valence-corrected chi connectivity index (χ0v) is 9.08. The van der Waals surface area contributed by atoms with Crippen LogP contribution < -0.4 is 10.5 Å². The van der Waals surface area contributed by atoms with E-state index in [0.717, 1.165) is 12.1 Å². The number of hydrogen-bond donors (Lipinski definition) is 1. The number of nitrogen functional groups attached to an aromatic ring is 1. The second kappa shape index (κ2) is 4.37. The zero-order chi connectivity index (χ0) is 12.4. The summed E-state index contributed by atoms with van der Waals surface area (Å²) in [6.07, 6.45) is 2.78. The van der Waals surface area contributed by atoms with E-state index in [1.54, 1.807) is 0 Å². The summed E-state index contributed by atoms with van der Waals surface area (Å²) in [5, 5.41) is 0. The Labute approximate surface area is 96.9 Å². The summed E-state index contributed by atoms with van der Waals surface area (Å²) in [6, 6.07) is 3.69. The molecular formula is C12H10F2N2O. The summed E-state index contributed by atoms with van der Waals surface area (Å²) in [5.41, 5.74) is 5.95. The maximum Gasteiger partial charge on any atom is 0.137 e. The number of hydrogen-bond acceptors (Lipinski definition) is 3. The number of rotatable bonds is 2. The summed E-state index contributed by atoms with van der Waals surface area (Å²) in [6.45, 7) is 0. The monoisotopic (exact) mass is 236 g/mol. The number of aromatic nitrogens is 1. The highest BCUT2D eigenvalue weighted by Crippen LogP contribution is 2.32. The summed E-state index contributed by atoms with van der Waals surface area (Å²) < 4.78 is 32.3. The number of nitrogens with zero attached hydrogens (tertiary/aromatic N) is 1. The van der Waals surface area contributed by atoms with Crippen LogP contribution in [0.5, 0.6) is 5.75 Å². The highest BCUT2D eigenvalue weighted by molar-refractivity contribution is 5.76. The number of anilines is 1. The largest absolute Gasteiger partial charge is 0.497 e. The topological polar surface area (TPSA) is 48.1 Å². The first-order chi connectivity index (χ1) is 8.13. The first-order valence-electron chi connectivity index (χ1n) is 4.86. The first-order valence-corrected chi connectivity index (χ1v) is 4.86. The average Bonchev–Trinajstić information content (AvgIpc) is 2.30. The molecule has 0 unspecified atom stereocenters. The van der Waals surface area contributed by atoms with Gasteiger partial charge in [-0.3, -0.25) is 4.98 Å². The van der Waals surface area contributed by atoms with Gasteiger partial charge in [0.05, 0.1) is 12.7 Å². The summed E-state index contributed by atoms with van der Waals surface area (Å²) in [4.78, 5) is 3.80. The molecule has 2 aromatic rings. The van der Waals surface area contributed by atoms with Crippen molar-refractivity contribution >= 4 is 5.69 Å². The smallest absolute Gasteiger partial charge is 0.137 e. The molecule has 0 spiro atoms. The maximum absolute atomic E-state index is 13.8. The predicted octanol–water partition coefficient (Wildman–Crippen LogP) is 2.62. The van der Waals surface area contributed by atoms with Crippen molar-refractivity contribution < 1.29 is 13.5 Å². The summed E-state index contributed by atoms with van der Waals surface area (Å²) in [7, 11) is 1.34. The molecule has 0 aliphatic heterocycles. The van der Waals surface area contributed by atoms with Crippen molar-refractivity contribution in [2.24, 2.45) is 0 Å². The molecule has 0 bridgehead atoms. The van der Waals surface area contributed by atoms with Gasteiger partial charge in [0.2, 0.25) is 0 Å². The van der Waals surface area contributed by atoms with Crippen LogP contribution in [0.1, 0.15) is 0 Å². The van der Waals surface area contributed by atoms with Gasteiger partial charge in [0, 0.05) is 35.8 Å². The lowest BCUT2D eigenvalue weighted by Crippen LogP contribution is -1.97. The van der Waals surface area contributed by atoms with Crippen LogP contribution in [0, 0.1) is 11.6 Å². The van der Waals surface area contributed by atoms with Gasteiger partial charge < -0.3 is 10.5 Å². The van der Waals surface area contributed by atoms with E-state index in [9.17, 15) is 8.78 Å². The van der Waals surface area contributed by atoms with Gasteiger partial charge in [0.15, 0.2) is 0 Å². The van der Waals surface area contributed by atoms with Crippen LogP contribution in [0.15, 0.2) is 30.6 Å². The Balaban J connectivity index is 2.64. The minimum Gasteiger partial charge on any atom is -0.497 e. The molecule has 1 aromatic carbocycles. The minimum absolute atomic E-state index is 0.117. The molecule has 2 rings (SSSR count). The summed E-state index contributed by atoms with van der Waals surface area (Å²) >= 11 is 0. The fraction of sp³-hybridized carbons (Fsp3) is 0.0833. The Morgan fingerprint density at radius 3 is 2.41 bits per heavy atom. The fourth-order valence-corrected chi connectivity index (χ4v) is 1.54. The highest BCUT2D eigenvalue weighted by atomic mass is 19.1. The Morgan fingerprint density at radius 1 is 1.24 bits per heavy atom. The van der Waals surface area contributed by atoms with E-state index in [2.05, 4.69) is 4.98 Å². The van der Waals surface area contributed by atoms with Crippen molar-refractivity contribution in [2.45, 2.75) is 0 Å². The molecule has 5 heteroatoms. The van der Waals surface area contributed by atoms with Gasteiger partial charge in [-0.15, -0.1) is 0 Å². The van der Waals surface area contributed by atoms with E-state index in [4.69, 9.17) is 10.5 Å². The van der Waals surface area contributed by atoms with Crippen molar-refractivity contribution in [3.05, 3.63) is 42.2 Å². The standard InChI is InChI=1S/C12H10F2N2O/c1-17-7-4-9(13)12(10(14)5-7)8-6-16-3-2-11(8)15/h2-6H,1H3,(H2,15,16). The van der Waals surface area contributed by atoms with E-state index in [1.807, 2.05) is 0 Å². The number of methoxy groups -OCH3 is 1. The molecule has 0 aliphatic rings. The molecular weight excluding hydrogens is 226 g/mol. The number of nitrogens with two attached hydrogens (primary N) is 1. The lowest BCUT2D eigenvalue weighted by Gasteiger charge is -2.09. The second-order valence-corrected chi connectivity index (χ2v) is 3.43. The highest BCUT2D eigenvalue weighted by Gasteiger charge is 2.15. The third-order valence-corrected chi connectivity index (χ3v) is 2.38. The van der Waals surface area contributed by atoms with Crippen LogP contribution >= 0.6 is 0 Å². The molecule has 88 valence electrons. The number of benzene rings is 1. The van der Waals surface area contributed by atoms with Crippen LogP contribution in [0.3, 0.4) is 0 Å². The lowest BCUT2D eigenvalue weighted by molar-refractivity contribution is 0.407. The Bertz CT molecular complexity index is 535. The lowest BCUT2D eigenvalue weighted by atomic mass is 10.0. The molecule has 0 aliphatic carbocycles. The van der Waals surface area contributed by atoms with E-state index >= 15 is 0 Å². The Morgan fingerprint density at radius 2 is 1.88 bits per heavy atom. The van der Waals surface area contributed by atoms with Gasteiger partial charge in [0.25, 0.3) is 0 Å². The fourth-order valence-electron chi connectivity index (χ4n) is 1.54.